The monoisotopic (exact) mass is 362 g/mol. The van der Waals surface area contributed by atoms with E-state index in [0.29, 0.717) is 24.3 Å². The highest BCUT2D eigenvalue weighted by molar-refractivity contribution is 5.94. The van der Waals surface area contributed by atoms with E-state index in [1.54, 1.807) is 24.3 Å². The second-order valence-electron chi connectivity index (χ2n) is 5.95. The van der Waals surface area contributed by atoms with Crippen molar-refractivity contribution in [1.82, 2.24) is 5.32 Å². The number of amides is 1. The van der Waals surface area contributed by atoms with Crippen molar-refractivity contribution in [3.63, 3.8) is 0 Å². The van der Waals surface area contributed by atoms with Crippen LogP contribution in [0, 0.1) is 11.3 Å². The highest BCUT2D eigenvalue weighted by Crippen LogP contribution is 2.20. The van der Waals surface area contributed by atoms with Gasteiger partial charge in [-0.2, -0.15) is 5.26 Å². The van der Waals surface area contributed by atoms with E-state index in [0.717, 1.165) is 36.5 Å². The van der Waals surface area contributed by atoms with Gasteiger partial charge < -0.3 is 10.1 Å². The number of hydrogen-bond acceptors (Lipinski definition) is 4. The molecule has 27 heavy (non-hydrogen) atoms. The van der Waals surface area contributed by atoms with E-state index < -0.39 is 5.97 Å². The van der Waals surface area contributed by atoms with Crippen molar-refractivity contribution in [2.24, 2.45) is 0 Å². The fourth-order valence-corrected chi connectivity index (χ4v) is 2.49. The molecule has 0 saturated heterocycles. The van der Waals surface area contributed by atoms with E-state index in [-0.39, 0.29) is 5.91 Å². The van der Waals surface area contributed by atoms with Crippen LogP contribution in [0.3, 0.4) is 0 Å². The Balaban J connectivity index is 1.74. The van der Waals surface area contributed by atoms with Gasteiger partial charge in [0.1, 0.15) is 0 Å². The lowest BCUT2D eigenvalue weighted by atomic mass is 10.0. The minimum absolute atomic E-state index is 0.112. The summed E-state index contributed by atoms with van der Waals surface area (Å²) in [6, 6.07) is 16.8. The number of nitrogens with one attached hydrogen (secondary N) is 1. The average molecular weight is 362 g/mol. The maximum Gasteiger partial charge on any atom is 0.330 e. The molecule has 0 saturated carbocycles. The summed E-state index contributed by atoms with van der Waals surface area (Å²) in [4.78, 5) is 23.0. The Hall–Kier alpha value is -3.39. The van der Waals surface area contributed by atoms with E-state index in [2.05, 4.69) is 18.0 Å². The zero-order valence-electron chi connectivity index (χ0n) is 15.1. The first-order valence-corrected chi connectivity index (χ1v) is 8.82. The van der Waals surface area contributed by atoms with Crippen LogP contribution in [0.25, 0.3) is 11.1 Å². The lowest BCUT2D eigenvalue weighted by Crippen LogP contribution is -2.24. The van der Waals surface area contributed by atoms with Gasteiger partial charge in [-0.3, -0.25) is 4.79 Å². The van der Waals surface area contributed by atoms with E-state index >= 15 is 0 Å². The molecular weight excluding hydrogens is 340 g/mol. The number of esters is 1. The van der Waals surface area contributed by atoms with Crippen molar-refractivity contribution in [1.29, 1.82) is 5.26 Å². The second-order valence-corrected chi connectivity index (χ2v) is 5.95. The SMILES string of the molecule is C=CC(=O)OCCCCCNC(=O)c1ccc(-c2ccc(C#N)cc2)cc1. The number of nitriles is 1. The van der Waals surface area contributed by atoms with Crippen molar-refractivity contribution in [2.45, 2.75) is 19.3 Å². The molecular formula is C22H22N2O3. The molecule has 5 heteroatoms. The first-order valence-electron chi connectivity index (χ1n) is 8.82. The van der Waals surface area contributed by atoms with Gasteiger partial charge in [-0.1, -0.05) is 30.8 Å². The van der Waals surface area contributed by atoms with Crippen molar-refractivity contribution < 1.29 is 14.3 Å². The largest absolute Gasteiger partial charge is 0.463 e. The molecule has 2 rings (SSSR count). The quantitative estimate of drug-likeness (QED) is 0.417. The summed E-state index contributed by atoms with van der Waals surface area (Å²) in [5, 5.41) is 11.7. The van der Waals surface area contributed by atoms with Crippen LogP contribution in [0.1, 0.15) is 35.2 Å². The Labute approximate surface area is 159 Å². The molecule has 0 bridgehead atoms. The van der Waals surface area contributed by atoms with Crippen LogP contribution >= 0.6 is 0 Å². The molecule has 2 aromatic carbocycles. The van der Waals surface area contributed by atoms with E-state index in [9.17, 15) is 9.59 Å². The van der Waals surface area contributed by atoms with Crippen molar-refractivity contribution in [2.75, 3.05) is 13.2 Å². The summed E-state index contributed by atoms with van der Waals surface area (Å²) in [7, 11) is 0. The molecule has 0 aliphatic heterocycles. The minimum Gasteiger partial charge on any atom is -0.463 e. The van der Waals surface area contributed by atoms with Gasteiger partial charge in [0.25, 0.3) is 5.91 Å². The molecule has 5 nitrogen and oxygen atoms in total. The third kappa shape index (κ3) is 6.44. The number of benzene rings is 2. The van der Waals surface area contributed by atoms with E-state index in [4.69, 9.17) is 10.00 Å². The molecule has 0 atom stereocenters. The Kier molecular flexibility index (Phi) is 7.80. The predicted octanol–water partition coefficient (Wildman–Crippen LogP) is 3.85. The molecule has 1 N–H and O–H groups in total. The molecule has 0 spiro atoms. The summed E-state index contributed by atoms with van der Waals surface area (Å²) in [5.74, 6) is -0.521. The van der Waals surface area contributed by atoms with Gasteiger partial charge in [0.15, 0.2) is 0 Å². The maximum absolute atomic E-state index is 12.2. The maximum atomic E-state index is 12.2. The highest BCUT2D eigenvalue weighted by atomic mass is 16.5. The third-order valence-corrected chi connectivity index (χ3v) is 4.01. The summed E-state index contributed by atoms with van der Waals surface area (Å²) in [5.41, 5.74) is 3.21. The smallest absolute Gasteiger partial charge is 0.330 e. The summed E-state index contributed by atoms with van der Waals surface area (Å²) < 4.78 is 4.89. The topological polar surface area (TPSA) is 79.2 Å². The van der Waals surface area contributed by atoms with E-state index in [1.165, 1.54) is 0 Å². The molecule has 0 radical (unpaired) electrons. The zero-order chi connectivity index (χ0) is 19.5. The fraction of sp³-hybridized carbons (Fsp3) is 0.227. The molecule has 0 unspecified atom stereocenters. The van der Waals surface area contributed by atoms with E-state index in [1.807, 2.05) is 24.3 Å². The van der Waals surface area contributed by atoms with Crippen LogP contribution in [0.15, 0.2) is 61.2 Å². The Morgan fingerprint density at radius 1 is 1.00 bits per heavy atom. The molecule has 138 valence electrons. The van der Waals surface area contributed by atoms with Crippen LogP contribution < -0.4 is 5.32 Å². The molecule has 0 aromatic heterocycles. The first kappa shape index (κ1) is 19.9. The van der Waals surface area contributed by atoms with Crippen molar-refractivity contribution >= 4 is 11.9 Å². The van der Waals surface area contributed by atoms with Crippen LogP contribution in [0.4, 0.5) is 0 Å². The number of carbonyl (C=O) groups is 2. The molecule has 2 aromatic rings. The minimum atomic E-state index is -0.409. The molecule has 0 aliphatic rings. The van der Waals surface area contributed by atoms with Gasteiger partial charge in [-0.15, -0.1) is 0 Å². The van der Waals surface area contributed by atoms with Gasteiger partial charge in [-0.25, -0.2) is 4.79 Å². The Bertz CT molecular complexity index is 818. The first-order chi connectivity index (χ1) is 13.1. The third-order valence-electron chi connectivity index (χ3n) is 4.01. The normalized spacial score (nSPS) is 9.89. The molecule has 0 aliphatic carbocycles. The predicted molar refractivity (Wildman–Crippen MR) is 104 cm³/mol. The van der Waals surface area contributed by atoms with Crippen LogP contribution in [-0.4, -0.2) is 25.0 Å². The van der Waals surface area contributed by atoms with Gasteiger partial charge in [-0.05, 0) is 54.7 Å². The number of hydrogen-bond donors (Lipinski definition) is 1. The highest BCUT2D eigenvalue weighted by Gasteiger charge is 2.05. The zero-order valence-corrected chi connectivity index (χ0v) is 15.1. The number of nitrogens with zero attached hydrogens (tertiary/aromatic N) is 1. The van der Waals surface area contributed by atoms with Crippen molar-refractivity contribution in [3.8, 4) is 17.2 Å². The average Bonchev–Trinajstić information content (AvgIpc) is 2.72. The van der Waals surface area contributed by atoms with Gasteiger partial charge in [0.2, 0.25) is 0 Å². The lowest BCUT2D eigenvalue weighted by Gasteiger charge is -2.07. The molecule has 0 fully saturated rings. The molecule has 0 heterocycles. The summed E-state index contributed by atoms with van der Waals surface area (Å²) >= 11 is 0. The number of unbranched alkanes of at least 4 members (excludes halogenated alkanes) is 2. The second kappa shape index (κ2) is 10.6. The Morgan fingerprint density at radius 3 is 2.22 bits per heavy atom. The van der Waals surface area contributed by atoms with Crippen LogP contribution in [0.2, 0.25) is 0 Å². The van der Waals surface area contributed by atoms with Crippen LogP contribution in [-0.2, 0) is 9.53 Å². The standard InChI is InChI=1S/C22H22N2O3/c1-2-21(25)27-15-5-3-4-14-24-22(26)20-12-10-19(11-13-20)18-8-6-17(16-23)7-9-18/h2,6-13H,1,3-5,14-15H2,(H,24,26). The number of carbonyl (C=O) groups excluding carboxylic acids is 2. The summed E-state index contributed by atoms with van der Waals surface area (Å²) in [6.07, 6.45) is 3.59. The summed E-state index contributed by atoms with van der Waals surface area (Å²) in [6.45, 7) is 4.28. The Morgan fingerprint density at radius 2 is 1.63 bits per heavy atom. The number of rotatable bonds is 9. The van der Waals surface area contributed by atoms with Gasteiger partial charge in [0, 0.05) is 18.2 Å². The van der Waals surface area contributed by atoms with Crippen molar-refractivity contribution in [3.05, 3.63) is 72.3 Å². The van der Waals surface area contributed by atoms with Gasteiger partial charge in [0.05, 0.1) is 18.2 Å². The van der Waals surface area contributed by atoms with Crippen LogP contribution in [0.5, 0.6) is 0 Å². The fourth-order valence-electron chi connectivity index (χ4n) is 2.49. The number of ether oxygens (including phenoxy) is 1. The van der Waals surface area contributed by atoms with Gasteiger partial charge >= 0.3 is 5.97 Å². The molecule has 1 amide bonds. The lowest BCUT2D eigenvalue weighted by molar-refractivity contribution is -0.137.